The molecule has 12 heteroatoms. The summed E-state index contributed by atoms with van der Waals surface area (Å²) in [7, 11) is 3.21. The minimum atomic E-state index is -0.138. The maximum atomic E-state index is 13.9. The summed E-state index contributed by atoms with van der Waals surface area (Å²) in [5, 5.41) is 9.17. The van der Waals surface area contributed by atoms with Crippen LogP contribution in [0.2, 0.25) is 5.02 Å². The number of hydrogen-bond acceptors (Lipinski definition) is 9. The number of aromatic nitrogens is 5. The van der Waals surface area contributed by atoms with Crippen LogP contribution < -0.4 is 14.4 Å². The average molecular weight is 574 g/mol. The van der Waals surface area contributed by atoms with Crippen LogP contribution >= 0.6 is 11.6 Å². The first-order valence-corrected chi connectivity index (χ1v) is 13.5. The molecule has 4 heterocycles. The number of carbonyl (C=O) groups excluding carboxylic acids is 1. The van der Waals surface area contributed by atoms with E-state index in [-0.39, 0.29) is 5.91 Å². The van der Waals surface area contributed by atoms with Crippen LogP contribution in [0.15, 0.2) is 59.5 Å². The third-order valence-corrected chi connectivity index (χ3v) is 7.59. The number of carbonyl (C=O) groups is 1. The molecule has 0 bridgehead atoms. The van der Waals surface area contributed by atoms with Crippen molar-refractivity contribution >= 4 is 29.1 Å². The molecule has 11 nitrogen and oxygen atoms in total. The van der Waals surface area contributed by atoms with Crippen LogP contribution in [0.25, 0.3) is 28.2 Å². The lowest BCUT2D eigenvalue weighted by molar-refractivity contribution is 0.0766. The number of anilines is 1. The van der Waals surface area contributed by atoms with Crippen molar-refractivity contribution in [1.29, 1.82) is 0 Å². The zero-order valence-corrected chi connectivity index (χ0v) is 23.6. The lowest BCUT2D eigenvalue weighted by atomic mass is 10.0. The van der Waals surface area contributed by atoms with E-state index in [1.165, 1.54) is 6.33 Å². The van der Waals surface area contributed by atoms with E-state index in [1.807, 2.05) is 41.3 Å². The fourth-order valence-corrected chi connectivity index (χ4v) is 5.46. The Kier molecular flexibility index (Phi) is 7.19. The molecule has 1 aliphatic heterocycles. The van der Waals surface area contributed by atoms with Crippen molar-refractivity contribution in [3.05, 3.63) is 71.3 Å². The van der Waals surface area contributed by atoms with Crippen molar-refractivity contribution in [2.75, 3.05) is 45.3 Å². The summed E-state index contributed by atoms with van der Waals surface area (Å²) in [5.41, 5.74) is 3.30. The first kappa shape index (κ1) is 26.6. The highest BCUT2D eigenvalue weighted by Crippen LogP contribution is 2.37. The van der Waals surface area contributed by atoms with Crippen molar-refractivity contribution in [1.82, 2.24) is 29.6 Å². The SMILES string of the molecule is COc1ccc(-c2cnc3ncnn3c2N2CCCN(C(=O)c3c(-c4ccccc4Cl)noc3C)CC2)cc1OC. The van der Waals surface area contributed by atoms with E-state index in [0.717, 1.165) is 23.4 Å². The molecule has 5 aromatic rings. The van der Waals surface area contributed by atoms with Gasteiger partial charge in [-0.1, -0.05) is 41.0 Å². The van der Waals surface area contributed by atoms with E-state index in [9.17, 15) is 4.79 Å². The molecule has 2 aromatic carbocycles. The lowest BCUT2D eigenvalue weighted by Gasteiger charge is -2.26. The number of benzene rings is 2. The molecular weight excluding hydrogens is 546 g/mol. The van der Waals surface area contributed by atoms with Gasteiger partial charge in [-0.3, -0.25) is 4.79 Å². The maximum Gasteiger partial charge on any atom is 0.259 e. The Morgan fingerprint density at radius 1 is 0.976 bits per heavy atom. The van der Waals surface area contributed by atoms with Gasteiger partial charge in [0.1, 0.15) is 29.2 Å². The van der Waals surface area contributed by atoms with E-state index in [1.54, 1.807) is 37.9 Å². The predicted octanol–water partition coefficient (Wildman–Crippen LogP) is 4.78. The monoisotopic (exact) mass is 573 g/mol. The standard InChI is InChI=1S/C29H28ClN7O4/c1-18-25(26(34-41-18)20-7-4-5-8-22(20)30)28(38)36-12-6-11-35(13-14-36)27-21(16-31-29-32-17-33-37(27)29)19-9-10-23(39-2)24(15-19)40-3/h4-5,7-10,15-17H,6,11-14H2,1-3H3. The van der Waals surface area contributed by atoms with E-state index in [4.69, 9.17) is 25.6 Å². The molecule has 0 atom stereocenters. The smallest absolute Gasteiger partial charge is 0.259 e. The number of ether oxygens (including phenoxy) is 2. The van der Waals surface area contributed by atoms with Crippen molar-refractivity contribution in [3.63, 3.8) is 0 Å². The molecule has 210 valence electrons. The highest BCUT2D eigenvalue weighted by atomic mass is 35.5. The van der Waals surface area contributed by atoms with Gasteiger partial charge >= 0.3 is 0 Å². The number of methoxy groups -OCH3 is 2. The molecular formula is C29H28ClN7O4. The molecule has 1 amide bonds. The number of fused-ring (bicyclic) bond motifs is 1. The fourth-order valence-electron chi connectivity index (χ4n) is 5.23. The Morgan fingerprint density at radius 3 is 2.61 bits per heavy atom. The summed E-state index contributed by atoms with van der Waals surface area (Å²) in [4.78, 5) is 26.8. The molecule has 1 fully saturated rings. The van der Waals surface area contributed by atoms with Gasteiger partial charge in [-0.05, 0) is 37.1 Å². The van der Waals surface area contributed by atoms with Gasteiger partial charge in [0.2, 0.25) is 0 Å². The quantitative estimate of drug-likeness (QED) is 0.283. The molecule has 1 aliphatic rings. The molecule has 6 rings (SSSR count). The zero-order chi connectivity index (χ0) is 28.5. The zero-order valence-electron chi connectivity index (χ0n) is 22.9. The molecule has 0 unspecified atom stereocenters. The minimum absolute atomic E-state index is 0.138. The second kappa shape index (κ2) is 11.1. The van der Waals surface area contributed by atoms with Crippen LogP contribution in [-0.2, 0) is 0 Å². The molecule has 0 radical (unpaired) electrons. The largest absolute Gasteiger partial charge is 0.493 e. The molecule has 41 heavy (non-hydrogen) atoms. The first-order chi connectivity index (χ1) is 20.0. The minimum Gasteiger partial charge on any atom is -0.493 e. The van der Waals surface area contributed by atoms with Crippen molar-refractivity contribution < 1.29 is 18.8 Å². The molecule has 3 aromatic heterocycles. The number of rotatable bonds is 6. The number of hydrogen-bond donors (Lipinski definition) is 0. The van der Waals surface area contributed by atoms with E-state index >= 15 is 0 Å². The molecule has 0 saturated carbocycles. The van der Waals surface area contributed by atoms with Crippen molar-refractivity contribution in [2.45, 2.75) is 13.3 Å². The van der Waals surface area contributed by atoms with E-state index in [2.05, 4.69) is 25.1 Å². The third kappa shape index (κ3) is 4.82. The Labute approximate surface area is 241 Å². The molecule has 0 N–H and O–H groups in total. The Bertz CT molecular complexity index is 1730. The molecule has 0 spiro atoms. The Balaban J connectivity index is 1.33. The van der Waals surface area contributed by atoms with Gasteiger partial charge in [-0.2, -0.15) is 14.6 Å². The average Bonchev–Trinajstić information content (AvgIpc) is 3.55. The maximum absolute atomic E-state index is 13.9. The van der Waals surface area contributed by atoms with Crippen LogP contribution in [0.5, 0.6) is 11.5 Å². The van der Waals surface area contributed by atoms with Gasteiger partial charge in [-0.15, -0.1) is 0 Å². The van der Waals surface area contributed by atoms with Gasteiger partial charge in [0.25, 0.3) is 11.7 Å². The highest BCUT2D eigenvalue weighted by Gasteiger charge is 2.30. The fraction of sp³-hybridized carbons (Fsp3) is 0.276. The highest BCUT2D eigenvalue weighted by molar-refractivity contribution is 6.33. The van der Waals surface area contributed by atoms with Gasteiger partial charge in [-0.25, -0.2) is 4.98 Å². The number of aryl methyl sites for hydroxylation is 1. The Morgan fingerprint density at radius 2 is 1.80 bits per heavy atom. The summed E-state index contributed by atoms with van der Waals surface area (Å²) in [6.07, 6.45) is 4.02. The van der Waals surface area contributed by atoms with Crippen molar-refractivity contribution in [3.8, 4) is 33.9 Å². The molecule has 0 aliphatic carbocycles. The number of amides is 1. The lowest BCUT2D eigenvalue weighted by Crippen LogP contribution is -2.36. The summed E-state index contributed by atoms with van der Waals surface area (Å²) in [5.74, 6) is 2.90. The van der Waals surface area contributed by atoms with Gasteiger partial charge in [0.15, 0.2) is 11.5 Å². The van der Waals surface area contributed by atoms with Crippen LogP contribution in [-0.4, -0.2) is 75.9 Å². The normalized spacial score (nSPS) is 13.9. The van der Waals surface area contributed by atoms with Crippen LogP contribution in [0.3, 0.4) is 0 Å². The third-order valence-electron chi connectivity index (χ3n) is 7.26. The van der Waals surface area contributed by atoms with Crippen LogP contribution in [0.4, 0.5) is 5.82 Å². The van der Waals surface area contributed by atoms with Crippen LogP contribution in [0.1, 0.15) is 22.5 Å². The van der Waals surface area contributed by atoms with Gasteiger partial charge < -0.3 is 23.8 Å². The summed E-state index contributed by atoms with van der Waals surface area (Å²) in [6.45, 7) is 4.06. The summed E-state index contributed by atoms with van der Waals surface area (Å²) >= 11 is 6.44. The van der Waals surface area contributed by atoms with E-state index < -0.39 is 0 Å². The second-order valence-electron chi connectivity index (χ2n) is 9.61. The number of nitrogens with zero attached hydrogens (tertiary/aromatic N) is 7. The Hall–Kier alpha value is -4.64. The topological polar surface area (TPSA) is 111 Å². The predicted molar refractivity (Wildman–Crippen MR) is 154 cm³/mol. The summed E-state index contributed by atoms with van der Waals surface area (Å²) < 4.78 is 18.2. The van der Waals surface area contributed by atoms with Gasteiger partial charge in [0.05, 0.1) is 19.2 Å². The first-order valence-electron chi connectivity index (χ1n) is 13.2. The number of halogens is 1. The second-order valence-corrected chi connectivity index (χ2v) is 10.0. The van der Waals surface area contributed by atoms with Crippen molar-refractivity contribution in [2.24, 2.45) is 0 Å². The van der Waals surface area contributed by atoms with E-state index in [0.29, 0.717) is 71.1 Å². The van der Waals surface area contributed by atoms with Gasteiger partial charge in [0, 0.05) is 43.5 Å². The summed E-state index contributed by atoms with van der Waals surface area (Å²) in [6, 6.07) is 13.1. The molecule has 1 saturated heterocycles. The van der Waals surface area contributed by atoms with Crippen LogP contribution in [0, 0.1) is 6.92 Å².